The summed E-state index contributed by atoms with van der Waals surface area (Å²) in [6.45, 7) is 24.8. The monoisotopic (exact) mass is 1020 g/mol. The summed E-state index contributed by atoms with van der Waals surface area (Å²) in [6.07, 6.45) is 4.16. The molecule has 8 aromatic rings. The van der Waals surface area contributed by atoms with Crippen molar-refractivity contribution in [3.8, 4) is 17.3 Å². The second-order valence-electron chi connectivity index (χ2n) is 20.0. The summed E-state index contributed by atoms with van der Waals surface area (Å²) in [4.78, 5) is 9.48. The van der Waals surface area contributed by atoms with Gasteiger partial charge in [0.05, 0.1) is 0 Å². The van der Waals surface area contributed by atoms with Crippen molar-refractivity contribution < 1.29 is 25.8 Å². The van der Waals surface area contributed by atoms with E-state index < -0.39 is 0 Å². The van der Waals surface area contributed by atoms with E-state index in [9.17, 15) is 0 Å². The minimum atomic E-state index is -0.225. The number of allylic oxidation sites excluding steroid dienone is 1. The first-order valence-corrected chi connectivity index (χ1v) is 22.0. The number of benzene rings is 6. The van der Waals surface area contributed by atoms with Crippen LogP contribution in [0.3, 0.4) is 0 Å². The molecule has 0 radical (unpaired) electrons. The van der Waals surface area contributed by atoms with Crippen molar-refractivity contribution in [2.75, 3.05) is 9.80 Å². The van der Waals surface area contributed by atoms with Gasteiger partial charge in [0.1, 0.15) is 5.82 Å². The second kappa shape index (κ2) is 16.9. The van der Waals surface area contributed by atoms with Crippen molar-refractivity contribution in [2.45, 2.75) is 85.5 Å². The molecular formula is C58H57N4OPt-3. The number of rotatable bonds is 9. The molecule has 0 atom stereocenters. The molecular weight excluding hydrogens is 964 g/mol. The van der Waals surface area contributed by atoms with Gasteiger partial charge < -0.3 is 19.1 Å². The van der Waals surface area contributed by atoms with Crippen LogP contribution in [-0.4, -0.2) is 9.55 Å². The third-order valence-electron chi connectivity index (χ3n) is 12.8. The average Bonchev–Trinajstić information content (AvgIpc) is 3.88. The molecule has 0 spiro atoms. The number of fused-ring (bicyclic) bond motifs is 3. The predicted molar refractivity (Wildman–Crippen MR) is 262 cm³/mol. The van der Waals surface area contributed by atoms with Crippen molar-refractivity contribution in [1.29, 1.82) is 0 Å². The molecule has 6 aromatic carbocycles. The molecule has 0 amide bonds. The zero-order valence-corrected chi connectivity index (χ0v) is 40.9. The normalized spacial score (nSPS) is 13.6. The Hall–Kier alpha value is -5.90. The topological polar surface area (TPSA) is 33.5 Å². The molecule has 2 aromatic heterocycles. The molecule has 0 bridgehead atoms. The molecule has 328 valence electrons. The molecule has 0 unspecified atom stereocenters. The molecule has 0 fully saturated rings. The maximum absolute atomic E-state index is 6.83. The van der Waals surface area contributed by atoms with Crippen molar-refractivity contribution >= 4 is 33.2 Å². The maximum atomic E-state index is 6.83. The summed E-state index contributed by atoms with van der Waals surface area (Å²) in [5, 5.41) is 2.22. The Labute approximate surface area is 394 Å². The molecule has 1 aliphatic heterocycles. The van der Waals surface area contributed by atoms with Gasteiger partial charge in [-0.05, 0) is 69.6 Å². The minimum absolute atomic E-state index is 0. The number of anilines is 2. The fraction of sp³-hybridized carbons (Fsp3) is 0.241. The first kappa shape index (κ1) is 44.7. The van der Waals surface area contributed by atoms with Crippen molar-refractivity contribution in [1.82, 2.24) is 9.55 Å². The van der Waals surface area contributed by atoms with E-state index in [0.717, 1.165) is 44.6 Å². The molecule has 0 N–H and O–H groups in total. The van der Waals surface area contributed by atoms with Gasteiger partial charge in [0.2, 0.25) is 0 Å². The quantitative estimate of drug-likeness (QED) is 0.135. The maximum Gasteiger partial charge on any atom is 0.135 e. The van der Waals surface area contributed by atoms with Crippen LogP contribution in [0.25, 0.3) is 27.6 Å². The van der Waals surface area contributed by atoms with Gasteiger partial charge in [0, 0.05) is 71.9 Å². The Morgan fingerprint density at radius 3 is 1.81 bits per heavy atom. The van der Waals surface area contributed by atoms with E-state index in [0.29, 0.717) is 11.5 Å². The number of pyridine rings is 1. The van der Waals surface area contributed by atoms with Crippen LogP contribution < -0.4 is 14.5 Å². The Kier molecular flexibility index (Phi) is 11.8. The summed E-state index contributed by atoms with van der Waals surface area (Å²) in [7, 11) is 0. The molecule has 1 aliphatic rings. The predicted octanol–water partition coefficient (Wildman–Crippen LogP) is 14.9. The smallest absolute Gasteiger partial charge is 0.135 e. The molecule has 0 saturated heterocycles. The Balaban J connectivity index is 0.00000560. The number of nitrogens with zero attached hydrogens (tertiary/aromatic N) is 4. The SMILES string of the molecule is CC(C)(C)C1=CN(c2[c-]c(Oc3[c-]c4c(cc3)c3ccccc3n4-c3cc(C(C)(C)c4ccccc4)ccn3)cc(C(C)(C)C)c2)[CH-]N1c1cccc(C(C)(C)c2ccccc2)c1.[Pt]. The van der Waals surface area contributed by atoms with E-state index >= 15 is 0 Å². The molecule has 6 heteroatoms. The van der Waals surface area contributed by atoms with Crippen LogP contribution in [0.5, 0.6) is 11.5 Å². The molecule has 64 heavy (non-hydrogen) atoms. The molecule has 5 nitrogen and oxygen atoms in total. The van der Waals surface area contributed by atoms with Gasteiger partial charge in [-0.3, -0.25) is 0 Å². The first-order chi connectivity index (χ1) is 30.0. The van der Waals surface area contributed by atoms with E-state index in [2.05, 4.69) is 248 Å². The number of hydrogen-bond acceptors (Lipinski definition) is 4. The van der Waals surface area contributed by atoms with Gasteiger partial charge in [0.25, 0.3) is 0 Å². The van der Waals surface area contributed by atoms with E-state index in [-0.39, 0.29) is 42.7 Å². The van der Waals surface area contributed by atoms with Crippen molar-refractivity contribution in [3.05, 3.63) is 210 Å². The molecule has 0 aliphatic carbocycles. The summed E-state index contributed by atoms with van der Waals surface area (Å²) >= 11 is 0. The second-order valence-corrected chi connectivity index (χ2v) is 20.0. The largest absolute Gasteiger partial charge is 0.509 e. The number of ether oxygens (including phenoxy) is 1. The summed E-state index contributed by atoms with van der Waals surface area (Å²) in [6, 6.07) is 59.1. The van der Waals surface area contributed by atoms with Gasteiger partial charge in [-0.15, -0.1) is 53.6 Å². The van der Waals surface area contributed by atoms with Gasteiger partial charge in [-0.25, -0.2) is 4.98 Å². The van der Waals surface area contributed by atoms with Crippen LogP contribution in [0.2, 0.25) is 0 Å². The van der Waals surface area contributed by atoms with Crippen LogP contribution in [-0.2, 0) is 37.3 Å². The van der Waals surface area contributed by atoms with E-state index in [1.165, 1.54) is 28.0 Å². The van der Waals surface area contributed by atoms with Crippen LogP contribution in [0, 0.1) is 24.2 Å². The number of hydrogen-bond donors (Lipinski definition) is 0. The third-order valence-corrected chi connectivity index (χ3v) is 12.8. The average molecular weight is 1020 g/mol. The van der Waals surface area contributed by atoms with Crippen LogP contribution in [0.4, 0.5) is 11.4 Å². The first-order valence-electron chi connectivity index (χ1n) is 22.0. The standard InChI is InChI=1S/C58H57N4O.Pt/c1-55(2,3)44-33-46(60-38-53(56(4,5)6)61(39-60)45-25-19-24-42(32-45)57(7,8)40-20-13-11-14-21-40)36-48(34-44)63-47-28-29-50-49-26-17-18-27-51(49)62(52(50)37-47)54-35-43(30-31-59-54)58(9,10)41-22-15-12-16-23-41;/h11-35,38-39H,1-10H3;/q-3;. The fourth-order valence-electron chi connectivity index (χ4n) is 8.77. The Bertz CT molecular complexity index is 2990. The van der Waals surface area contributed by atoms with Crippen LogP contribution in [0.1, 0.15) is 97.1 Å². The van der Waals surface area contributed by atoms with Crippen molar-refractivity contribution in [2.24, 2.45) is 5.41 Å². The molecule has 9 rings (SSSR count). The zero-order valence-electron chi connectivity index (χ0n) is 38.6. The van der Waals surface area contributed by atoms with E-state index in [4.69, 9.17) is 9.72 Å². The summed E-state index contributed by atoms with van der Waals surface area (Å²) < 4.78 is 9.04. The van der Waals surface area contributed by atoms with Gasteiger partial charge in [-0.2, -0.15) is 6.07 Å². The number of para-hydroxylation sites is 1. The fourth-order valence-corrected chi connectivity index (χ4v) is 8.77. The van der Waals surface area contributed by atoms with Crippen LogP contribution in [0.15, 0.2) is 164 Å². The van der Waals surface area contributed by atoms with Crippen molar-refractivity contribution in [3.63, 3.8) is 0 Å². The van der Waals surface area contributed by atoms with E-state index in [1.807, 2.05) is 12.3 Å². The number of aromatic nitrogens is 2. The summed E-state index contributed by atoms with van der Waals surface area (Å²) in [5.74, 6) is 2.07. The Morgan fingerprint density at radius 1 is 0.531 bits per heavy atom. The van der Waals surface area contributed by atoms with Crippen LogP contribution >= 0.6 is 0 Å². The van der Waals surface area contributed by atoms with Gasteiger partial charge in [0.15, 0.2) is 0 Å². The zero-order chi connectivity index (χ0) is 44.3. The molecule has 0 saturated carbocycles. The van der Waals surface area contributed by atoms with Gasteiger partial charge >= 0.3 is 0 Å². The Morgan fingerprint density at radius 2 is 1.16 bits per heavy atom. The van der Waals surface area contributed by atoms with Gasteiger partial charge in [-0.1, -0.05) is 166 Å². The summed E-state index contributed by atoms with van der Waals surface area (Å²) in [5.41, 5.74) is 10.6. The third kappa shape index (κ3) is 8.43. The minimum Gasteiger partial charge on any atom is -0.509 e. The molecule has 3 heterocycles. The van der Waals surface area contributed by atoms with E-state index in [1.54, 1.807) is 0 Å².